The fraction of sp³-hybridized carbons (Fsp3) is 0.440. The van der Waals surface area contributed by atoms with Crippen LogP contribution in [0, 0.1) is 0 Å². The van der Waals surface area contributed by atoms with Crippen molar-refractivity contribution in [3.05, 3.63) is 58.7 Å². The van der Waals surface area contributed by atoms with Crippen LogP contribution in [0.4, 0.5) is 0 Å². The zero-order valence-electron chi connectivity index (χ0n) is 17.8. The first-order valence-corrected chi connectivity index (χ1v) is 11.1. The van der Waals surface area contributed by atoms with Gasteiger partial charge in [-0.15, -0.1) is 0 Å². The average Bonchev–Trinajstić information content (AvgIpc) is 3.16. The first kappa shape index (κ1) is 19.9. The molecule has 2 aromatic rings. The molecule has 4 aliphatic rings. The van der Waals surface area contributed by atoms with Crippen LogP contribution in [0.25, 0.3) is 0 Å². The molecule has 1 spiro atoms. The van der Waals surface area contributed by atoms with E-state index in [0.717, 1.165) is 17.7 Å². The van der Waals surface area contributed by atoms with Crippen molar-refractivity contribution < 1.29 is 29.3 Å². The molecule has 1 saturated carbocycles. The molecule has 4 atom stereocenters. The molecule has 2 aliphatic heterocycles. The molecule has 32 heavy (non-hydrogen) atoms. The number of nitrogens with zero attached hydrogens (tertiary/aromatic N) is 1. The van der Waals surface area contributed by atoms with E-state index >= 15 is 0 Å². The summed E-state index contributed by atoms with van der Waals surface area (Å²) in [5.41, 5.74) is 1.10. The number of rotatable bonds is 3. The smallest absolute Gasteiger partial charge is 0.343 e. The van der Waals surface area contributed by atoms with E-state index in [9.17, 15) is 19.8 Å². The first-order valence-electron chi connectivity index (χ1n) is 11.1. The molecule has 0 amide bonds. The minimum Gasteiger partial charge on any atom is -0.477 e. The highest BCUT2D eigenvalue weighted by molar-refractivity contribution is 5.93. The number of aliphatic hydroxyl groups is 2. The largest absolute Gasteiger partial charge is 0.477 e. The van der Waals surface area contributed by atoms with E-state index in [4.69, 9.17) is 9.47 Å². The van der Waals surface area contributed by atoms with E-state index < -0.39 is 23.1 Å². The number of aliphatic hydroxyl groups excluding tert-OH is 1. The predicted molar refractivity (Wildman–Crippen MR) is 114 cm³/mol. The second-order valence-electron chi connectivity index (χ2n) is 9.48. The Labute approximate surface area is 185 Å². The summed E-state index contributed by atoms with van der Waals surface area (Å²) in [6.07, 6.45) is 1.23. The predicted octanol–water partition coefficient (Wildman–Crippen LogP) is 1.75. The van der Waals surface area contributed by atoms with Gasteiger partial charge in [-0.3, -0.25) is 4.79 Å². The van der Waals surface area contributed by atoms with Crippen LogP contribution in [0.1, 0.15) is 46.3 Å². The topological polar surface area (TPSA) is 96.3 Å². The fourth-order valence-electron chi connectivity index (χ4n) is 6.51. The lowest BCUT2D eigenvalue weighted by atomic mass is 9.49. The Morgan fingerprint density at radius 1 is 1.22 bits per heavy atom. The third kappa shape index (κ3) is 2.36. The molecule has 7 heteroatoms. The Morgan fingerprint density at radius 3 is 2.75 bits per heavy atom. The normalized spacial score (nSPS) is 32.3. The lowest BCUT2D eigenvalue weighted by molar-refractivity contribution is -0.185. The van der Waals surface area contributed by atoms with Crippen LogP contribution in [0.3, 0.4) is 0 Å². The minimum absolute atomic E-state index is 0.00102. The van der Waals surface area contributed by atoms with Crippen molar-refractivity contribution in [3.8, 4) is 11.5 Å². The van der Waals surface area contributed by atoms with Crippen molar-refractivity contribution in [1.29, 1.82) is 0 Å². The number of likely N-dealkylation sites (N-methyl/N-ethyl adjacent to an activating group) is 1. The Hall–Kier alpha value is -2.74. The summed E-state index contributed by atoms with van der Waals surface area (Å²) < 4.78 is 12.0. The molecule has 2 aromatic carbocycles. The molecule has 2 N–H and O–H groups in total. The van der Waals surface area contributed by atoms with E-state index in [-0.39, 0.29) is 30.6 Å². The Balaban J connectivity index is 1.45. The van der Waals surface area contributed by atoms with Gasteiger partial charge in [0.25, 0.3) is 0 Å². The summed E-state index contributed by atoms with van der Waals surface area (Å²) in [4.78, 5) is 28.0. The molecular formula is C25H25NO6. The Bertz CT molecular complexity index is 1140. The van der Waals surface area contributed by atoms with Crippen LogP contribution in [-0.2, 0) is 23.2 Å². The van der Waals surface area contributed by atoms with Gasteiger partial charge in [0.05, 0.1) is 23.2 Å². The first-order chi connectivity index (χ1) is 15.4. The van der Waals surface area contributed by atoms with Gasteiger partial charge in [0, 0.05) is 18.0 Å². The number of esters is 1. The van der Waals surface area contributed by atoms with E-state index in [0.29, 0.717) is 36.1 Å². The third-order valence-electron chi connectivity index (χ3n) is 8.09. The molecule has 2 heterocycles. The molecule has 2 aliphatic carbocycles. The number of hydrogen-bond donors (Lipinski definition) is 2. The number of carbonyl (C=O) groups excluding carboxylic acids is 2. The molecule has 3 unspecified atom stereocenters. The average molecular weight is 435 g/mol. The van der Waals surface area contributed by atoms with Gasteiger partial charge < -0.3 is 24.6 Å². The molecule has 2 bridgehead atoms. The van der Waals surface area contributed by atoms with E-state index in [1.807, 2.05) is 13.1 Å². The Kier molecular flexibility index (Phi) is 4.13. The number of benzene rings is 2. The van der Waals surface area contributed by atoms with Gasteiger partial charge in [0.1, 0.15) is 0 Å². The van der Waals surface area contributed by atoms with E-state index in [2.05, 4.69) is 4.90 Å². The highest BCUT2D eigenvalue weighted by Crippen LogP contribution is 2.64. The van der Waals surface area contributed by atoms with E-state index in [1.54, 1.807) is 30.3 Å². The van der Waals surface area contributed by atoms with Crippen LogP contribution >= 0.6 is 0 Å². The number of likely N-dealkylation sites (tertiary alicyclic amines) is 1. The van der Waals surface area contributed by atoms with Crippen LogP contribution in [0.5, 0.6) is 11.5 Å². The van der Waals surface area contributed by atoms with Gasteiger partial charge >= 0.3 is 5.97 Å². The minimum atomic E-state index is -1.06. The zero-order valence-corrected chi connectivity index (χ0v) is 17.8. The summed E-state index contributed by atoms with van der Waals surface area (Å²) >= 11 is 0. The number of Topliss-reactive ketones (excluding diaryl/α,β-unsaturated/α-hetero) is 1. The van der Waals surface area contributed by atoms with Gasteiger partial charge in [-0.05, 0) is 62.2 Å². The standard InChI is InChI=1S/C25H25NO6/c1-26-11-10-24-20-16-6-7-18(31-23(29)15-4-2-14(13-27)3-5-15)21(20)32-22(24)17(28)8-9-25(24,30)19(26)12-16/h2-7,19,22,27,30H,8-13H2,1H3/t19?,22?,24?,25-/m1/s1. The summed E-state index contributed by atoms with van der Waals surface area (Å²) in [6.45, 7) is 0.662. The monoisotopic (exact) mass is 435 g/mol. The van der Waals surface area contributed by atoms with Crippen LogP contribution < -0.4 is 9.47 Å². The van der Waals surface area contributed by atoms with Gasteiger partial charge in [-0.25, -0.2) is 4.79 Å². The van der Waals surface area contributed by atoms with Gasteiger partial charge in [-0.2, -0.15) is 0 Å². The number of carbonyl (C=O) groups is 2. The summed E-state index contributed by atoms with van der Waals surface area (Å²) in [6, 6.07) is 10.1. The SMILES string of the molecule is CN1CCC23c4c5ccc(OC(=O)c6ccc(CO)cc6)c4OC2C(=O)CC[C@@]3(O)C1C5. The second-order valence-corrected chi connectivity index (χ2v) is 9.48. The lowest BCUT2D eigenvalue weighted by Crippen LogP contribution is -2.76. The number of piperidine rings is 1. The molecule has 0 aromatic heterocycles. The van der Waals surface area contributed by atoms with Gasteiger partial charge in [0.15, 0.2) is 23.4 Å². The molecule has 0 radical (unpaired) electrons. The van der Waals surface area contributed by atoms with Crippen molar-refractivity contribution in [1.82, 2.24) is 4.90 Å². The van der Waals surface area contributed by atoms with Crippen molar-refractivity contribution in [2.24, 2.45) is 0 Å². The molecule has 2 fully saturated rings. The van der Waals surface area contributed by atoms with Crippen molar-refractivity contribution in [2.75, 3.05) is 13.6 Å². The summed E-state index contributed by atoms with van der Waals surface area (Å²) in [5, 5.41) is 21.2. The maximum atomic E-state index is 13.0. The quantitative estimate of drug-likeness (QED) is 0.560. The molecule has 166 valence electrons. The highest BCUT2D eigenvalue weighted by Gasteiger charge is 2.72. The molecule has 1 saturated heterocycles. The molecule has 7 nitrogen and oxygen atoms in total. The maximum Gasteiger partial charge on any atom is 0.343 e. The third-order valence-corrected chi connectivity index (χ3v) is 8.09. The number of hydrogen-bond acceptors (Lipinski definition) is 7. The summed E-state index contributed by atoms with van der Waals surface area (Å²) in [5.74, 6) is 0.153. The number of ketones is 1. The van der Waals surface area contributed by atoms with Crippen molar-refractivity contribution in [3.63, 3.8) is 0 Å². The molecular weight excluding hydrogens is 410 g/mol. The maximum absolute atomic E-state index is 13.0. The fourth-order valence-corrected chi connectivity index (χ4v) is 6.51. The molecule has 6 rings (SSSR count). The van der Waals surface area contributed by atoms with Gasteiger partial charge in [-0.1, -0.05) is 18.2 Å². The highest BCUT2D eigenvalue weighted by atomic mass is 16.6. The van der Waals surface area contributed by atoms with Crippen LogP contribution in [-0.4, -0.2) is 58.2 Å². The number of ether oxygens (including phenoxy) is 2. The van der Waals surface area contributed by atoms with Crippen molar-refractivity contribution in [2.45, 2.75) is 55.5 Å². The second kappa shape index (κ2) is 6.63. The summed E-state index contributed by atoms with van der Waals surface area (Å²) in [7, 11) is 2.03. The van der Waals surface area contributed by atoms with Gasteiger partial charge in [0.2, 0.25) is 0 Å². The Morgan fingerprint density at radius 2 is 2.00 bits per heavy atom. The van der Waals surface area contributed by atoms with Crippen LogP contribution in [0.15, 0.2) is 36.4 Å². The zero-order chi connectivity index (χ0) is 22.3. The van der Waals surface area contributed by atoms with Crippen LogP contribution in [0.2, 0.25) is 0 Å². The van der Waals surface area contributed by atoms with Crippen molar-refractivity contribution >= 4 is 11.8 Å². The lowest BCUT2D eigenvalue weighted by Gasteiger charge is -2.62. The van der Waals surface area contributed by atoms with E-state index in [1.165, 1.54) is 0 Å².